The van der Waals surface area contributed by atoms with Crippen LogP contribution in [0.2, 0.25) is 0 Å². The first-order valence-electron chi connectivity index (χ1n) is 7.10. The molecule has 0 aromatic heterocycles. The molecule has 2 aliphatic heterocycles. The van der Waals surface area contributed by atoms with Gasteiger partial charge in [-0.25, -0.2) is 0 Å². The van der Waals surface area contributed by atoms with Crippen LogP contribution in [-0.4, -0.2) is 49.3 Å². The van der Waals surface area contributed by atoms with E-state index in [1.54, 1.807) is 11.8 Å². The highest BCUT2D eigenvalue weighted by molar-refractivity contribution is 7.99. The minimum Gasteiger partial charge on any atom is -0.479 e. The minimum atomic E-state index is -0.330. The van der Waals surface area contributed by atoms with E-state index in [-0.39, 0.29) is 12.0 Å². The third-order valence-electron chi connectivity index (χ3n) is 3.87. The lowest BCUT2D eigenvalue weighted by Crippen LogP contribution is -2.43. The van der Waals surface area contributed by atoms with Gasteiger partial charge >= 0.3 is 0 Å². The van der Waals surface area contributed by atoms with Crippen molar-refractivity contribution < 1.29 is 9.53 Å². The van der Waals surface area contributed by atoms with Gasteiger partial charge in [-0.3, -0.25) is 4.79 Å². The summed E-state index contributed by atoms with van der Waals surface area (Å²) in [6, 6.07) is 7.93. The van der Waals surface area contributed by atoms with Crippen LogP contribution in [0, 0.1) is 5.92 Å². The van der Waals surface area contributed by atoms with E-state index in [2.05, 4.69) is 5.32 Å². The zero-order valence-corrected chi connectivity index (χ0v) is 12.5. The molecule has 0 radical (unpaired) electrons. The van der Waals surface area contributed by atoms with Crippen LogP contribution < -0.4 is 10.1 Å². The Kier molecular flexibility index (Phi) is 4.17. The maximum absolute atomic E-state index is 12.5. The van der Waals surface area contributed by atoms with Crippen molar-refractivity contribution in [2.75, 3.05) is 32.4 Å². The summed E-state index contributed by atoms with van der Waals surface area (Å²) < 4.78 is 5.87. The van der Waals surface area contributed by atoms with E-state index in [0.717, 1.165) is 36.7 Å². The van der Waals surface area contributed by atoms with Crippen molar-refractivity contribution in [3.05, 3.63) is 24.3 Å². The number of nitrogens with zero attached hydrogens (tertiary/aromatic N) is 1. The Balaban J connectivity index is 1.62. The van der Waals surface area contributed by atoms with Gasteiger partial charge in [0.2, 0.25) is 0 Å². The summed E-state index contributed by atoms with van der Waals surface area (Å²) in [4.78, 5) is 15.6. The Morgan fingerprint density at radius 3 is 3.20 bits per heavy atom. The number of hydrogen-bond donors (Lipinski definition) is 1. The molecule has 5 heteroatoms. The van der Waals surface area contributed by atoms with E-state index >= 15 is 0 Å². The van der Waals surface area contributed by atoms with Gasteiger partial charge in [0.1, 0.15) is 5.75 Å². The molecule has 0 aliphatic carbocycles. The van der Waals surface area contributed by atoms with Crippen LogP contribution >= 0.6 is 11.8 Å². The molecule has 0 spiro atoms. The zero-order chi connectivity index (χ0) is 13.9. The van der Waals surface area contributed by atoms with Crippen molar-refractivity contribution >= 4 is 17.7 Å². The topological polar surface area (TPSA) is 41.6 Å². The molecule has 1 N–H and O–H groups in total. The predicted molar refractivity (Wildman–Crippen MR) is 80.2 cm³/mol. The van der Waals surface area contributed by atoms with Gasteiger partial charge in [-0.05, 0) is 38.1 Å². The fourth-order valence-corrected chi connectivity index (χ4v) is 3.81. The van der Waals surface area contributed by atoms with Crippen molar-refractivity contribution in [3.63, 3.8) is 0 Å². The molecule has 0 bridgehead atoms. The van der Waals surface area contributed by atoms with E-state index in [9.17, 15) is 4.79 Å². The van der Waals surface area contributed by atoms with Crippen molar-refractivity contribution in [3.8, 4) is 5.75 Å². The number of likely N-dealkylation sites (tertiary alicyclic amines) is 1. The van der Waals surface area contributed by atoms with Gasteiger partial charge in [0.25, 0.3) is 5.91 Å². The molecule has 1 aromatic carbocycles. The number of para-hydroxylation sites is 1. The molecule has 3 rings (SSSR count). The van der Waals surface area contributed by atoms with Crippen LogP contribution in [0.4, 0.5) is 0 Å². The number of carbonyl (C=O) groups is 1. The second-order valence-electron chi connectivity index (χ2n) is 5.36. The number of thioether (sulfide) groups is 1. The van der Waals surface area contributed by atoms with Crippen molar-refractivity contribution in [1.29, 1.82) is 0 Å². The first-order valence-corrected chi connectivity index (χ1v) is 8.08. The molecule has 0 saturated carbocycles. The summed E-state index contributed by atoms with van der Waals surface area (Å²) in [6.45, 7) is 2.69. The number of rotatable bonds is 3. The Morgan fingerprint density at radius 2 is 2.35 bits per heavy atom. The number of benzene rings is 1. The highest BCUT2D eigenvalue weighted by Gasteiger charge is 2.33. The lowest BCUT2D eigenvalue weighted by molar-refractivity contribution is -0.136. The molecule has 20 heavy (non-hydrogen) atoms. The normalized spacial score (nSPS) is 25.1. The molecule has 1 aromatic rings. The number of amides is 1. The summed E-state index contributed by atoms with van der Waals surface area (Å²) in [5.74, 6) is 2.27. The summed E-state index contributed by atoms with van der Waals surface area (Å²) in [6.07, 6.45) is 0.756. The molecular formula is C15H20N2O2S. The summed E-state index contributed by atoms with van der Waals surface area (Å²) >= 11 is 1.71. The zero-order valence-electron chi connectivity index (χ0n) is 11.7. The van der Waals surface area contributed by atoms with Crippen molar-refractivity contribution in [1.82, 2.24) is 10.2 Å². The smallest absolute Gasteiger partial charge is 0.264 e. The first-order chi connectivity index (χ1) is 9.78. The third kappa shape index (κ3) is 2.79. The molecule has 4 nitrogen and oxygen atoms in total. The van der Waals surface area contributed by atoms with Gasteiger partial charge in [0, 0.05) is 23.7 Å². The van der Waals surface area contributed by atoms with Crippen LogP contribution in [0.15, 0.2) is 29.2 Å². The van der Waals surface area contributed by atoms with E-state index in [0.29, 0.717) is 11.7 Å². The van der Waals surface area contributed by atoms with Gasteiger partial charge in [0.15, 0.2) is 6.10 Å². The Bertz CT molecular complexity index is 495. The number of ether oxygens (including phenoxy) is 1. The molecule has 0 unspecified atom stereocenters. The summed E-state index contributed by atoms with van der Waals surface area (Å²) in [7, 11) is 1.96. The molecular weight excluding hydrogens is 272 g/mol. The molecule has 1 fully saturated rings. The van der Waals surface area contributed by atoms with Gasteiger partial charge in [-0.1, -0.05) is 12.1 Å². The largest absolute Gasteiger partial charge is 0.479 e. The highest BCUT2D eigenvalue weighted by atomic mass is 32.2. The summed E-state index contributed by atoms with van der Waals surface area (Å²) in [5.41, 5.74) is 0. The van der Waals surface area contributed by atoms with Crippen LogP contribution in [0.25, 0.3) is 0 Å². The lowest BCUT2D eigenvalue weighted by atomic mass is 10.1. The third-order valence-corrected chi connectivity index (χ3v) is 4.99. The van der Waals surface area contributed by atoms with Crippen LogP contribution in [-0.2, 0) is 4.79 Å². The number of nitrogens with one attached hydrogen (secondary N) is 1. The standard InChI is InChI=1S/C15H20N2O2S/c1-16-8-11-6-7-17(9-11)15(18)13-10-20-14-5-3-2-4-12(14)19-13/h2-5,11,13,16H,6-10H2,1H3/t11-,13-/m0/s1. The maximum Gasteiger partial charge on any atom is 0.264 e. The quantitative estimate of drug-likeness (QED) is 0.919. The average Bonchev–Trinajstić information content (AvgIpc) is 2.95. The molecule has 1 amide bonds. The maximum atomic E-state index is 12.5. The molecule has 108 valence electrons. The highest BCUT2D eigenvalue weighted by Crippen LogP contribution is 2.35. The van der Waals surface area contributed by atoms with E-state index < -0.39 is 0 Å². The fourth-order valence-electron chi connectivity index (χ4n) is 2.83. The van der Waals surface area contributed by atoms with Crippen molar-refractivity contribution in [2.24, 2.45) is 5.92 Å². The number of hydrogen-bond acceptors (Lipinski definition) is 4. The molecule has 2 atom stereocenters. The predicted octanol–water partition coefficient (Wildman–Crippen LogP) is 1.61. The van der Waals surface area contributed by atoms with Crippen LogP contribution in [0.5, 0.6) is 5.75 Å². The van der Waals surface area contributed by atoms with Crippen LogP contribution in [0.3, 0.4) is 0 Å². The van der Waals surface area contributed by atoms with Crippen LogP contribution in [0.1, 0.15) is 6.42 Å². The number of carbonyl (C=O) groups excluding carboxylic acids is 1. The van der Waals surface area contributed by atoms with Gasteiger partial charge in [-0.15, -0.1) is 11.8 Å². The average molecular weight is 292 g/mol. The van der Waals surface area contributed by atoms with E-state index in [4.69, 9.17) is 4.74 Å². The summed E-state index contributed by atoms with van der Waals surface area (Å²) in [5, 5.41) is 3.19. The Hall–Kier alpha value is -1.20. The fraction of sp³-hybridized carbons (Fsp3) is 0.533. The number of fused-ring (bicyclic) bond motifs is 1. The second-order valence-corrected chi connectivity index (χ2v) is 6.42. The Labute approximate surface area is 123 Å². The Morgan fingerprint density at radius 1 is 1.50 bits per heavy atom. The molecule has 2 aliphatic rings. The second kappa shape index (κ2) is 6.06. The molecule has 2 heterocycles. The lowest BCUT2D eigenvalue weighted by Gasteiger charge is -2.28. The van der Waals surface area contributed by atoms with E-state index in [1.807, 2.05) is 36.2 Å². The molecule has 1 saturated heterocycles. The van der Waals surface area contributed by atoms with Gasteiger partial charge in [0.05, 0.1) is 0 Å². The van der Waals surface area contributed by atoms with Gasteiger partial charge in [-0.2, -0.15) is 0 Å². The SMILES string of the molecule is CNC[C@@H]1CCN(C(=O)[C@@H]2CSc3ccccc3O2)C1. The van der Waals surface area contributed by atoms with Crippen molar-refractivity contribution in [2.45, 2.75) is 17.4 Å². The first kappa shape index (κ1) is 13.8. The monoisotopic (exact) mass is 292 g/mol. The van der Waals surface area contributed by atoms with E-state index in [1.165, 1.54) is 0 Å². The minimum absolute atomic E-state index is 0.144. The van der Waals surface area contributed by atoms with Gasteiger partial charge < -0.3 is 15.0 Å².